The maximum Gasteiger partial charge on any atom is 0.191 e. The molecule has 2 aromatic heterocycles. The number of oxazole rings is 1. The van der Waals surface area contributed by atoms with Crippen LogP contribution in [-0.2, 0) is 6.42 Å². The van der Waals surface area contributed by atoms with Gasteiger partial charge in [-0.05, 0) is 11.5 Å². The topological polar surface area (TPSA) is 77.8 Å². The minimum absolute atomic E-state index is 0.170. The van der Waals surface area contributed by atoms with E-state index in [0.717, 1.165) is 11.4 Å². The van der Waals surface area contributed by atoms with Gasteiger partial charge in [-0.1, -0.05) is 4.49 Å². The molecule has 0 aliphatic heterocycles. The molecule has 1 unspecified atom stereocenters. The van der Waals surface area contributed by atoms with Crippen molar-refractivity contribution >= 4 is 11.5 Å². The lowest BCUT2D eigenvalue weighted by Crippen LogP contribution is -2.14. The van der Waals surface area contributed by atoms with E-state index in [2.05, 4.69) is 14.6 Å². The van der Waals surface area contributed by atoms with Crippen LogP contribution in [-0.4, -0.2) is 14.6 Å². The highest BCUT2D eigenvalue weighted by Gasteiger charge is 2.12. The Balaban J connectivity index is 2.06. The van der Waals surface area contributed by atoms with Crippen molar-refractivity contribution in [3.8, 4) is 0 Å². The molecule has 0 aliphatic carbocycles. The van der Waals surface area contributed by atoms with E-state index >= 15 is 0 Å². The minimum atomic E-state index is -0.170. The molecule has 0 aromatic carbocycles. The van der Waals surface area contributed by atoms with Crippen molar-refractivity contribution in [1.29, 1.82) is 0 Å². The summed E-state index contributed by atoms with van der Waals surface area (Å²) in [7, 11) is 0. The molecule has 6 heteroatoms. The van der Waals surface area contributed by atoms with Gasteiger partial charge < -0.3 is 10.2 Å². The van der Waals surface area contributed by atoms with Gasteiger partial charge in [-0.15, -0.1) is 5.10 Å². The number of nitrogens with zero attached hydrogens (tertiary/aromatic N) is 3. The fourth-order valence-electron chi connectivity index (χ4n) is 1.15. The summed E-state index contributed by atoms with van der Waals surface area (Å²) in [6.45, 7) is 1.79. The standard InChI is InChI=1S/C8H10N4OS/c1-5-10-8(3-13-5)7(9)2-6-4-14-12-11-6/h3-4,7H,2,9H2,1H3. The van der Waals surface area contributed by atoms with Gasteiger partial charge in [-0.3, -0.25) is 0 Å². The summed E-state index contributed by atoms with van der Waals surface area (Å²) in [5.41, 5.74) is 7.57. The Morgan fingerprint density at radius 1 is 1.64 bits per heavy atom. The molecule has 0 saturated carbocycles. The fourth-order valence-corrected chi connectivity index (χ4v) is 1.62. The van der Waals surface area contributed by atoms with E-state index in [1.807, 2.05) is 5.38 Å². The predicted octanol–water partition coefficient (Wildman–Crippen LogP) is 1.08. The third kappa shape index (κ3) is 1.97. The molecule has 0 aliphatic rings. The number of rotatable bonds is 3. The van der Waals surface area contributed by atoms with E-state index in [9.17, 15) is 0 Å². The van der Waals surface area contributed by atoms with E-state index < -0.39 is 0 Å². The van der Waals surface area contributed by atoms with E-state index in [-0.39, 0.29) is 6.04 Å². The molecule has 0 saturated heterocycles. The second-order valence-corrected chi connectivity index (χ2v) is 3.61. The summed E-state index contributed by atoms with van der Waals surface area (Å²) in [5, 5.41) is 5.80. The largest absolute Gasteiger partial charge is 0.449 e. The highest BCUT2D eigenvalue weighted by Crippen LogP contribution is 2.14. The van der Waals surface area contributed by atoms with Gasteiger partial charge in [0, 0.05) is 18.7 Å². The van der Waals surface area contributed by atoms with E-state index in [0.29, 0.717) is 12.3 Å². The van der Waals surface area contributed by atoms with Crippen LogP contribution in [0.5, 0.6) is 0 Å². The summed E-state index contributed by atoms with van der Waals surface area (Å²) >= 11 is 1.32. The lowest BCUT2D eigenvalue weighted by Gasteiger charge is -2.03. The van der Waals surface area contributed by atoms with Gasteiger partial charge in [0.25, 0.3) is 0 Å². The molecule has 0 amide bonds. The van der Waals surface area contributed by atoms with Gasteiger partial charge in [0.1, 0.15) is 6.26 Å². The number of nitrogens with two attached hydrogens (primary N) is 1. The number of aromatic nitrogens is 3. The summed E-state index contributed by atoms with van der Waals surface area (Å²) in [4.78, 5) is 4.15. The van der Waals surface area contributed by atoms with Crippen LogP contribution >= 0.6 is 11.5 Å². The summed E-state index contributed by atoms with van der Waals surface area (Å²) in [6, 6.07) is -0.170. The second-order valence-electron chi connectivity index (χ2n) is 3.00. The van der Waals surface area contributed by atoms with Crippen molar-refractivity contribution in [2.24, 2.45) is 5.73 Å². The summed E-state index contributed by atoms with van der Waals surface area (Å²) < 4.78 is 8.85. The first-order chi connectivity index (χ1) is 6.75. The predicted molar refractivity (Wildman–Crippen MR) is 51.8 cm³/mol. The van der Waals surface area contributed by atoms with Crippen LogP contribution in [0.4, 0.5) is 0 Å². The molecule has 5 nitrogen and oxygen atoms in total. The maximum atomic E-state index is 5.91. The first-order valence-corrected chi connectivity index (χ1v) is 5.03. The average Bonchev–Trinajstić information content (AvgIpc) is 2.75. The molecular formula is C8H10N4OS. The van der Waals surface area contributed by atoms with Crippen LogP contribution in [0.3, 0.4) is 0 Å². The van der Waals surface area contributed by atoms with Gasteiger partial charge in [-0.25, -0.2) is 4.98 Å². The second kappa shape index (κ2) is 3.85. The molecule has 0 radical (unpaired) electrons. The molecule has 0 fully saturated rings. The van der Waals surface area contributed by atoms with Crippen molar-refractivity contribution < 1.29 is 4.42 Å². The molecule has 14 heavy (non-hydrogen) atoms. The van der Waals surface area contributed by atoms with E-state index in [1.165, 1.54) is 11.5 Å². The Kier molecular flexibility index (Phi) is 2.55. The van der Waals surface area contributed by atoms with Crippen molar-refractivity contribution in [3.63, 3.8) is 0 Å². The van der Waals surface area contributed by atoms with Crippen LogP contribution in [0, 0.1) is 6.92 Å². The van der Waals surface area contributed by atoms with Gasteiger partial charge in [0.15, 0.2) is 5.89 Å². The third-order valence-corrected chi connectivity index (χ3v) is 2.40. The van der Waals surface area contributed by atoms with Gasteiger partial charge in [0.05, 0.1) is 17.4 Å². The zero-order valence-electron chi connectivity index (χ0n) is 7.67. The molecule has 74 valence electrons. The first-order valence-electron chi connectivity index (χ1n) is 4.19. The van der Waals surface area contributed by atoms with Gasteiger partial charge >= 0.3 is 0 Å². The molecule has 2 heterocycles. The highest BCUT2D eigenvalue weighted by atomic mass is 32.1. The molecule has 0 bridgehead atoms. The summed E-state index contributed by atoms with van der Waals surface area (Å²) in [5.74, 6) is 0.631. The van der Waals surface area contributed by atoms with Crippen molar-refractivity contribution in [3.05, 3.63) is 28.9 Å². The molecule has 2 rings (SSSR count). The molecule has 0 spiro atoms. The van der Waals surface area contributed by atoms with Crippen LogP contribution < -0.4 is 5.73 Å². The quantitative estimate of drug-likeness (QED) is 0.820. The Hall–Kier alpha value is -1.27. The molecular weight excluding hydrogens is 200 g/mol. The Bertz CT molecular complexity index is 397. The van der Waals surface area contributed by atoms with Gasteiger partial charge in [-0.2, -0.15) is 0 Å². The zero-order chi connectivity index (χ0) is 9.97. The molecule has 2 aromatic rings. The van der Waals surface area contributed by atoms with E-state index in [1.54, 1.807) is 13.2 Å². The zero-order valence-corrected chi connectivity index (χ0v) is 8.49. The van der Waals surface area contributed by atoms with Gasteiger partial charge in [0.2, 0.25) is 0 Å². The number of hydrogen-bond donors (Lipinski definition) is 1. The summed E-state index contributed by atoms with van der Waals surface area (Å²) in [6.07, 6.45) is 2.22. The molecule has 1 atom stereocenters. The van der Waals surface area contributed by atoms with Crippen LogP contribution in [0.15, 0.2) is 16.1 Å². The maximum absolute atomic E-state index is 5.91. The van der Waals surface area contributed by atoms with Crippen LogP contribution in [0.2, 0.25) is 0 Å². The van der Waals surface area contributed by atoms with Crippen LogP contribution in [0.25, 0.3) is 0 Å². The smallest absolute Gasteiger partial charge is 0.191 e. The average molecular weight is 210 g/mol. The van der Waals surface area contributed by atoms with Crippen molar-refractivity contribution in [2.75, 3.05) is 0 Å². The third-order valence-electron chi connectivity index (χ3n) is 1.85. The van der Waals surface area contributed by atoms with E-state index in [4.69, 9.17) is 10.2 Å². The Morgan fingerprint density at radius 2 is 2.50 bits per heavy atom. The fraction of sp³-hybridized carbons (Fsp3) is 0.375. The lowest BCUT2D eigenvalue weighted by atomic mass is 10.1. The minimum Gasteiger partial charge on any atom is -0.449 e. The lowest BCUT2D eigenvalue weighted by molar-refractivity contribution is 0.519. The Labute approximate surface area is 85.1 Å². The number of aryl methyl sites for hydroxylation is 1. The molecule has 2 N–H and O–H groups in total. The Morgan fingerprint density at radius 3 is 3.07 bits per heavy atom. The van der Waals surface area contributed by atoms with Crippen molar-refractivity contribution in [1.82, 2.24) is 14.6 Å². The highest BCUT2D eigenvalue weighted by molar-refractivity contribution is 7.03. The number of hydrogen-bond acceptors (Lipinski definition) is 6. The SMILES string of the molecule is Cc1nc(C(N)Cc2csnn2)co1. The van der Waals surface area contributed by atoms with Crippen LogP contribution in [0.1, 0.15) is 23.3 Å². The normalized spacial score (nSPS) is 13.0. The van der Waals surface area contributed by atoms with Crippen molar-refractivity contribution in [2.45, 2.75) is 19.4 Å². The monoisotopic (exact) mass is 210 g/mol. The first kappa shape index (κ1) is 9.29.